The number of pyridine rings is 1. The second-order valence-electron chi connectivity index (χ2n) is 11.0. The average molecular weight is 560 g/mol. The Morgan fingerprint density at radius 2 is 1.83 bits per heavy atom. The van der Waals surface area contributed by atoms with E-state index in [9.17, 15) is 13.2 Å². The van der Waals surface area contributed by atoms with Gasteiger partial charge in [-0.2, -0.15) is 0 Å². The summed E-state index contributed by atoms with van der Waals surface area (Å²) < 4.78 is 43.7. The van der Waals surface area contributed by atoms with Crippen LogP contribution in [0.1, 0.15) is 51.1 Å². The lowest BCUT2D eigenvalue weighted by atomic mass is 9.79. The molecule has 1 N–H and O–H groups in total. The normalized spacial score (nSPS) is 23.0. The molecule has 212 valence electrons. The molecule has 41 heavy (non-hydrogen) atoms. The lowest BCUT2D eigenvalue weighted by molar-refractivity contribution is -0.274. The van der Waals surface area contributed by atoms with Gasteiger partial charge in [0.1, 0.15) is 5.75 Å². The maximum atomic E-state index is 13.1. The van der Waals surface area contributed by atoms with Crippen LogP contribution in [0.4, 0.5) is 35.9 Å². The number of aryl methyl sites for hydroxylation is 1. The zero-order valence-electron chi connectivity index (χ0n) is 23.1. The van der Waals surface area contributed by atoms with E-state index in [1.54, 1.807) is 12.3 Å². The van der Waals surface area contributed by atoms with Crippen molar-refractivity contribution in [3.8, 4) is 5.75 Å². The SMILES string of the molecule is Cc1ncccc1N=C1C=C2Nc3ccccc3N(c3cccc(OC(F)(F)F)c3)C2(C)CC1=NC1CCCCC1. The van der Waals surface area contributed by atoms with Gasteiger partial charge >= 0.3 is 6.36 Å². The van der Waals surface area contributed by atoms with Gasteiger partial charge in [0.05, 0.1) is 45.8 Å². The van der Waals surface area contributed by atoms with Gasteiger partial charge < -0.3 is 15.0 Å². The molecule has 2 aromatic carbocycles. The highest BCUT2D eigenvalue weighted by molar-refractivity contribution is 6.48. The van der Waals surface area contributed by atoms with Gasteiger partial charge in [-0.15, -0.1) is 13.2 Å². The Morgan fingerprint density at radius 3 is 2.61 bits per heavy atom. The maximum Gasteiger partial charge on any atom is 0.573 e. The number of hydrogen-bond acceptors (Lipinski definition) is 6. The number of anilines is 3. The number of ether oxygens (including phenoxy) is 1. The summed E-state index contributed by atoms with van der Waals surface area (Å²) in [5, 5.41) is 3.60. The molecule has 1 unspecified atom stereocenters. The van der Waals surface area contributed by atoms with E-state index in [1.807, 2.05) is 55.5 Å². The van der Waals surface area contributed by atoms with Crippen LogP contribution in [0, 0.1) is 6.92 Å². The third kappa shape index (κ3) is 5.58. The largest absolute Gasteiger partial charge is 0.573 e. The topological polar surface area (TPSA) is 62.1 Å². The van der Waals surface area contributed by atoms with Crippen LogP contribution in [0.5, 0.6) is 5.75 Å². The number of fused-ring (bicyclic) bond motifs is 2. The van der Waals surface area contributed by atoms with Gasteiger partial charge in [-0.1, -0.05) is 37.5 Å². The van der Waals surface area contributed by atoms with Crippen LogP contribution < -0.4 is 15.0 Å². The first-order valence-electron chi connectivity index (χ1n) is 14.0. The van der Waals surface area contributed by atoms with Crippen LogP contribution in [0.2, 0.25) is 0 Å². The number of benzene rings is 2. The Balaban J connectivity index is 1.51. The molecule has 3 aromatic rings. The third-order valence-corrected chi connectivity index (χ3v) is 8.02. The fourth-order valence-electron chi connectivity index (χ4n) is 6.05. The van der Waals surface area contributed by atoms with Crippen molar-refractivity contribution in [3.05, 3.63) is 84.3 Å². The van der Waals surface area contributed by atoms with Crippen molar-refractivity contribution >= 4 is 34.2 Å². The minimum atomic E-state index is -4.78. The molecule has 1 atom stereocenters. The first-order valence-corrected chi connectivity index (χ1v) is 14.0. The highest BCUT2D eigenvalue weighted by Gasteiger charge is 2.46. The lowest BCUT2D eigenvalue weighted by Gasteiger charge is -2.51. The molecule has 1 aromatic heterocycles. The third-order valence-electron chi connectivity index (χ3n) is 8.02. The Morgan fingerprint density at radius 1 is 1.02 bits per heavy atom. The van der Waals surface area contributed by atoms with E-state index >= 15 is 0 Å². The van der Waals surface area contributed by atoms with Crippen LogP contribution in [-0.2, 0) is 0 Å². The second-order valence-corrected chi connectivity index (χ2v) is 11.0. The summed E-state index contributed by atoms with van der Waals surface area (Å²) in [6.45, 7) is 4.03. The molecule has 2 heterocycles. The van der Waals surface area contributed by atoms with Gasteiger partial charge in [-0.05, 0) is 69.2 Å². The Hall–Kier alpha value is -4.14. The number of alkyl halides is 3. The van der Waals surface area contributed by atoms with Crippen LogP contribution in [-0.4, -0.2) is 34.4 Å². The Labute approximate surface area is 237 Å². The number of rotatable bonds is 4. The van der Waals surface area contributed by atoms with Crippen molar-refractivity contribution in [1.82, 2.24) is 4.98 Å². The van der Waals surface area contributed by atoms with Crippen LogP contribution in [0.25, 0.3) is 0 Å². The first kappa shape index (κ1) is 27.1. The van der Waals surface area contributed by atoms with Gasteiger partial charge in [-0.3, -0.25) is 9.98 Å². The summed E-state index contributed by atoms with van der Waals surface area (Å²) in [6, 6.07) is 18.0. The number of aliphatic imine (C=N–C) groups is 2. The van der Waals surface area contributed by atoms with E-state index in [0.29, 0.717) is 12.1 Å². The van der Waals surface area contributed by atoms with E-state index in [4.69, 9.17) is 9.98 Å². The van der Waals surface area contributed by atoms with Crippen molar-refractivity contribution in [2.45, 2.75) is 70.3 Å². The van der Waals surface area contributed by atoms with Gasteiger partial charge in [-0.25, -0.2) is 4.99 Å². The van der Waals surface area contributed by atoms with E-state index in [1.165, 1.54) is 18.6 Å². The fourth-order valence-corrected chi connectivity index (χ4v) is 6.05. The molecule has 6 rings (SSSR count). The molecule has 0 spiro atoms. The molecule has 6 nitrogen and oxygen atoms in total. The number of hydrogen-bond donors (Lipinski definition) is 1. The molecule has 0 radical (unpaired) electrons. The van der Waals surface area contributed by atoms with Crippen molar-refractivity contribution < 1.29 is 17.9 Å². The van der Waals surface area contributed by atoms with Gasteiger partial charge in [0.15, 0.2) is 0 Å². The zero-order valence-corrected chi connectivity index (χ0v) is 23.1. The number of allylic oxidation sites excluding steroid dienone is 1. The molecule has 2 aliphatic carbocycles. The number of aromatic nitrogens is 1. The highest BCUT2D eigenvalue weighted by Crippen LogP contribution is 2.49. The number of para-hydroxylation sites is 2. The molecule has 0 saturated heterocycles. The summed E-state index contributed by atoms with van der Waals surface area (Å²) in [5.74, 6) is -0.263. The number of halogens is 3. The number of nitrogens with one attached hydrogen (secondary N) is 1. The lowest BCUT2D eigenvalue weighted by Crippen LogP contribution is -2.54. The van der Waals surface area contributed by atoms with E-state index < -0.39 is 11.9 Å². The summed E-state index contributed by atoms with van der Waals surface area (Å²) in [7, 11) is 0. The van der Waals surface area contributed by atoms with Crippen molar-refractivity contribution in [3.63, 3.8) is 0 Å². The monoisotopic (exact) mass is 559 g/mol. The van der Waals surface area contributed by atoms with E-state index in [-0.39, 0.29) is 11.8 Å². The van der Waals surface area contributed by atoms with Gasteiger partial charge in [0, 0.05) is 30.1 Å². The number of nitrogens with zero attached hydrogens (tertiary/aromatic N) is 4. The average Bonchev–Trinajstić information content (AvgIpc) is 2.93. The van der Waals surface area contributed by atoms with Gasteiger partial charge in [0.2, 0.25) is 0 Å². The molecule has 3 aliphatic rings. The van der Waals surface area contributed by atoms with Gasteiger partial charge in [0.25, 0.3) is 0 Å². The molecule has 0 bridgehead atoms. The van der Waals surface area contributed by atoms with Crippen LogP contribution in [0.3, 0.4) is 0 Å². The Bertz CT molecular complexity index is 1540. The quantitative estimate of drug-likeness (QED) is 0.348. The van der Waals surface area contributed by atoms with Crippen LogP contribution in [0.15, 0.2) is 88.6 Å². The van der Waals surface area contributed by atoms with E-state index in [2.05, 4.69) is 26.9 Å². The first-order chi connectivity index (χ1) is 19.7. The highest BCUT2D eigenvalue weighted by atomic mass is 19.4. The van der Waals surface area contributed by atoms with E-state index in [0.717, 1.165) is 65.6 Å². The van der Waals surface area contributed by atoms with Crippen LogP contribution >= 0.6 is 0 Å². The minimum absolute atomic E-state index is 0.221. The molecule has 1 saturated carbocycles. The predicted molar refractivity (Wildman–Crippen MR) is 157 cm³/mol. The summed E-state index contributed by atoms with van der Waals surface area (Å²) >= 11 is 0. The predicted octanol–water partition coefficient (Wildman–Crippen LogP) is 8.44. The summed E-state index contributed by atoms with van der Waals surface area (Å²) in [6.07, 6.45) is 5.13. The molecule has 1 aliphatic heterocycles. The summed E-state index contributed by atoms with van der Waals surface area (Å²) in [5.41, 5.74) is 5.79. The zero-order chi connectivity index (χ0) is 28.6. The van der Waals surface area contributed by atoms with Crippen molar-refractivity contribution in [2.24, 2.45) is 9.98 Å². The molecule has 0 amide bonds. The van der Waals surface area contributed by atoms with Crippen molar-refractivity contribution in [2.75, 3.05) is 10.2 Å². The Kier molecular flexibility index (Phi) is 7.05. The standard InChI is InChI=1S/C32H32F3N5O/c1-21-25(15-9-17-36-21)38-27-19-30-31(2,20-28(27)37-22-10-4-3-5-11-22)40(29-16-7-6-14-26(29)39-30)23-12-8-13-24(18-23)41-32(33,34)35/h6-9,12-19,22,39H,3-5,10-11,20H2,1-2H3. The molecular formula is C32H32F3N5O. The molecular weight excluding hydrogens is 527 g/mol. The summed E-state index contributed by atoms with van der Waals surface area (Å²) in [4.78, 5) is 16.8. The maximum absolute atomic E-state index is 13.1. The molecule has 1 fully saturated rings. The minimum Gasteiger partial charge on any atom is -0.406 e. The van der Waals surface area contributed by atoms with Crippen molar-refractivity contribution in [1.29, 1.82) is 0 Å². The fraction of sp³-hybridized carbons (Fsp3) is 0.344. The molecule has 9 heteroatoms. The smallest absolute Gasteiger partial charge is 0.406 e. The second kappa shape index (κ2) is 10.7.